The highest BCUT2D eigenvalue weighted by Gasteiger charge is 2.34. The first-order chi connectivity index (χ1) is 12.9. The molecule has 0 aromatic rings. The smallest absolute Gasteiger partial charge is 0.339 e. The molecule has 3 N–H and O–H groups in total. The van der Waals surface area contributed by atoms with Gasteiger partial charge >= 0.3 is 13.6 Å². The lowest BCUT2D eigenvalue weighted by Crippen LogP contribution is -2.24. The second-order valence-corrected chi connectivity index (χ2v) is 9.61. The molecule has 0 spiro atoms. The number of likely N-dealkylation sites (N-methyl/N-ethyl adjacent to an activating group) is 1. The van der Waals surface area contributed by atoms with E-state index in [4.69, 9.17) is 14.9 Å². The van der Waals surface area contributed by atoms with Crippen LogP contribution >= 0.6 is 7.60 Å². The Kier molecular flexibility index (Phi) is 13.3. The molecular formula is C21H38NO5P. The molecule has 0 rings (SSSR count). The maximum atomic E-state index is 11.2. The Hall–Kier alpha value is -1.20. The van der Waals surface area contributed by atoms with Gasteiger partial charge in [-0.3, -0.25) is 9.36 Å². The molecule has 0 radical (unpaired) electrons. The lowest BCUT2D eigenvalue weighted by atomic mass is 10.1. The van der Waals surface area contributed by atoms with Gasteiger partial charge in [0, 0.05) is 6.54 Å². The Labute approximate surface area is 170 Å². The van der Waals surface area contributed by atoms with Gasteiger partial charge in [0.1, 0.15) is 0 Å². The molecule has 162 valence electrons. The largest absolute Gasteiger partial charge is 0.481 e. The van der Waals surface area contributed by atoms with Crippen LogP contribution in [0, 0.1) is 0 Å². The first kappa shape index (κ1) is 26.8. The maximum Gasteiger partial charge on any atom is 0.339 e. The van der Waals surface area contributed by atoms with E-state index in [1.807, 2.05) is 11.9 Å². The molecular weight excluding hydrogens is 377 g/mol. The molecule has 0 aromatic carbocycles. The maximum absolute atomic E-state index is 11.2. The van der Waals surface area contributed by atoms with Gasteiger partial charge in [-0.2, -0.15) is 0 Å². The first-order valence-electron chi connectivity index (χ1n) is 9.84. The Morgan fingerprint density at radius 1 is 1.00 bits per heavy atom. The summed E-state index contributed by atoms with van der Waals surface area (Å²) in [5.74, 6) is -1.43. The van der Waals surface area contributed by atoms with E-state index in [0.717, 1.165) is 32.2 Å². The van der Waals surface area contributed by atoms with Crippen molar-refractivity contribution in [3.8, 4) is 0 Å². The van der Waals surface area contributed by atoms with E-state index in [-0.39, 0.29) is 6.42 Å². The van der Waals surface area contributed by atoms with Crippen molar-refractivity contribution in [2.75, 3.05) is 20.1 Å². The van der Waals surface area contributed by atoms with Crippen molar-refractivity contribution in [1.82, 2.24) is 4.90 Å². The Morgan fingerprint density at radius 3 is 2.04 bits per heavy atom. The molecule has 0 aliphatic heterocycles. The Balaban J connectivity index is 4.19. The van der Waals surface area contributed by atoms with Crippen molar-refractivity contribution in [3.63, 3.8) is 0 Å². The molecule has 0 aliphatic carbocycles. The molecule has 7 heteroatoms. The SMILES string of the molecule is CC(C)=CCCC(C)=CCCC(C)=CCN(C)CCCC(C(=O)O)P(=O)(O)O. The summed E-state index contributed by atoms with van der Waals surface area (Å²) in [6, 6.07) is 0. The molecule has 0 aromatic heterocycles. The summed E-state index contributed by atoms with van der Waals surface area (Å²) < 4.78 is 11.2. The van der Waals surface area contributed by atoms with Crippen LogP contribution in [0.2, 0.25) is 0 Å². The molecule has 0 heterocycles. The van der Waals surface area contributed by atoms with Crippen molar-refractivity contribution in [2.45, 2.75) is 71.9 Å². The Morgan fingerprint density at radius 2 is 1.54 bits per heavy atom. The topological polar surface area (TPSA) is 98.1 Å². The summed E-state index contributed by atoms with van der Waals surface area (Å²) in [7, 11) is -2.67. The number of allylic oxidation sites excluding steroid dienone is 5. The third-order valence-electron chi connectivity index (χ3n) is 4.58. The second-order valence-electron chi connectivity index (χ2n) is 7.81. The molecule has 0 bridgehead atoms. The fourth-order valence-electron chi connectivity index (χ4n) is 2.73. The number of hydrogen-bond acceptors (Lipinski definition) is 3. The number of rotatable bonds is 14. The van der Waals surface area contributed by atoms with E-state index in [1.165, 1.54) is 16.7 Å². The van der Waals surface area contributed by atoms with E-state index in [1.54, 1.807) is 0 Å². The van der Waals surface area contributed by atoms with Gasteiger partial charge in [-0.25, -0.2) is 0 Å². The van der Waals surface area contributed by atoms with Crippen LogP contribution in [0.5, 0.6) is 0 Å². The van der Waals surface area contributed by atoms with Crippen LogP contribution in [-0.2, 0) is 9.36 Å². The van der Waals surface area contributed by atoms with Crippen LogP contribution in [0.4, 0.5) is 0 Å². The number of carboxylic acids is 1. The zero-order valence-corrected chi connectivity index (χ0v) is 18.9. The molecule has 0 fully saturated rings. The predicted octanol–water partition coefficient (Wildman–Crippen LogP) is 4.75. The average molecular weight is 416 g/mol. The molecule has 1 atom stereocenters. The molecule has 6 nitrogen and oxygen atoms in total. The van der Waals surface area contributed by atoms with Gasteiger partial charge in [0.2, 0.25) is 0 Å². The van der Waals surface area contributed by atoms with E-state index in [9.17, 15) is 9.36 Å². The van der Waals surface area contributed by atoms with Crippen LogP contribution in [0.25, 0.3) is 0 Å². The number of carboxylic acid groups (broad SMARTS) is 1. The first-order valence-corrected chi connectivity index (χ1v) is 11.5. The molecule has 28 heavy (non-hydrogen) atoms. The minimum Gasteiger partial charge on any atom is -0.481 e. The number of hydrogen-bond donors (Lipinski definition) is 3. The van der Waals surface area contributed by atoms with Crippen molar-refractivity contribution >= 4 is 13.6 Å². The standard InChI is InChI=1S/C21H38NO5P/c1-17(2)9-6-10-18(3)11-7-12-19(4)14-16-22(5)15-8-13-20(21(23)24)28(25,26)27/h9,11,14,20H,6-8,10,12-13,15-16H2,1-5H3,(H,23,24)(H2,25,26,27). The Bertz CT molecular complexity index is 614. The third kappa shape index (κ3) is 13.9. The number of aliphatic carboxylic acids is 1. The van der Waals surface area contributed by atoms with Gasteiger partial charge < -0.3 is 19.8 Å². The minimum absolute atomic E-state index is 0.0243. The molecule has 0 amide bonds. The van der Waals surface area contributed by atoms with Crippen molar-refractivity contribution in [1.29, 1.82) is 0 Å². The lowest BCUT2D eigenvalue weighted by molar-refractivity contribution is -0.137. The van der Waals surface area contributed by atoms with Crippen molar-refractivity contribution < 1.29 is 24.3 Å². The van der Waals surface area contributed by atoms with E-state index < -0.39 is 19.2 Å². The van der Waals surface area contributed by atoms with Gasteiger partial charge in [0.05, 0.1) is 0 Å². The van der Waals surface area contributed by atoms with E-state index >= 15 is 0 Å². The van der Waals surface area contributed by atoms with Gasteiger partial charge in [0.25, 0.3) is 0 Å². The van der Waals surface area contributed by atoms with E-state index in [0.29, 0.717) is 13.0 Å². The summed E-state index contributed by atoms with van der Waals surface area (Å²) in [5.41, 5.74) is 2.47. The second kappa shape index (κ2) is 13.9. The highest BCUT2D eigenvalue weighted by molar-refractivity contribution is 7.53. The zero-order valence-electron chi connectivity index (χ0n) is 18.0. The van der Waals surface area contributed by atoms with Crippen LogP contribution in [0.15, 0.2) is 34.9 Å². The van der Waals surface area contributed by atoms with Gasteiger partial charge in [-0.1, -0.05) is 34.9 Å². The molecule has 0 saturated carbocycles. The highest BCUT2D eigenvalue weighted by atomic mass is 31.2. The summed E-state index contributed by atoms with van der Waals surface area (Å²) in [5, 5.41) is 8.92. The fourth-order valence-corrected chi connectivity index (χ4v) is 3.54. The van der Waals surface area contributed by atoms with E-state index in [2.05, 4.69) is 45.9 Å². The molecule has 0 saturated heterocycles. The monoisotopic (exact) mass is 415 g/mol. The van der Waals surface area contributed by atoms with Crippen molar-refractivity contribution in [3.05, 3.63) is 34.9 Å². The van der Waals surface area contributed by atoms with Crippen LogP contribution in [-0.4, -0.2) is 51.6 Å². The van der Waals surface area contributed by atoms with Crippen LogP contribution in [0.1, 0.15) is 66.2 Å². The summed E-state index contributed by atoms with van der Waals surface area (Å²) >= 11 is 0. The summed E-state index contributed by atoms with van der Waals surface area (Å²) in [6.07, 6.45) is 11.3. The highest BCUT2D eigenvalue weighted by Crippen LogP contribution is 2.43. The van der Waals surface area contributed by atoms with Crippen LogP contribution in [0.3, 0.4) is 0 Å². The zero-order chi connectivity index (χ0) is 21.7. The average Bonchev–Trinajstić information content (AvgIpc) is 2.55. The van der Waals surface area contributed by atoms with Gasteiger partial charge in [-0.15, -0.1) is 0 Å². The van der Waals surface area contributed by atoms with Crippen LogP contribution < -0.4 is 0 Å². The van der Waals surface area contributed by atoms with Gasteiger partial charge in [-0.05, 0) is 79.8 Å². The lowest BCUT2D eigenvalue weighted by Gasteiger charge is -2.17. The predicted molar refractivity (Wildman–Crippen MR) is 116 cm³/mol. The normalized spacial score (nSPS) is 14.3. The fraction of sp³-hybridized carbons (Fsp3) is 0.667. The minimum atomic E-state index is -4.59. The number of carbonyl (C=O) groups is 1. The quantitative estimate of drug-likeness (QED) is 0.280. The third-order valence-corrected chi connectivity index (χ3v) is 5.87. The van der Waals surface area contributed by atoms with Gasteiger partial charge in [0.15, 0.2) is 5.66 Å². The summed E-state index contributed by atoms with van der Waals surface area (Å²) in [4.78, 5) is 31.1. The molecule has 1 unspecified atom stereocenters. The number of nitrogens with zero attached hydrogens (tertiary/aromatic N) is 1. The molecule has 0 aliphatic rings. The summed E-state index contributed by atoms with van der Waals surface area (Å²) in [6.45, 7) is 9.85. The van der Waals surface area contributed by atoms with Crippen molar-refractivity contribution in [2.24, 2.45) is 0 Å².